The van der Waals surface area contributed by atoms with Crippen LogP contribution in [0.2, 0.25) is 0 Å². The summed E-state index contributed by atoms with van der Waals surface area (Å²) >= 11 is 0. The fourth-order valence-electron chi connectivity index (χ4n) is 3.56. The zero-order chi connectivity index (χ0) is 19.8. The smallest absolute Gasteiger partial charge is 0.265 e. The Morgan fingerprint density at radius 3 is 2.18 bits per heavy atom. The van der Waals surface area contributed by atoms with Gasteiger partial charge in [-0.25, -0.2) is 4.90 Å². The minimum atomic E-state index is -0.296. The molecule has 0 spiro atoms. The van der Waals surface area contributed by atoms with Crippen molar-refractivity contribution in [1.29, 1.82) is 0 Å². The molecule has 0 bridgehead atoms. The first-order valence-corrected chi connectivity index (χ1v) is 9.29. The maximum absolute atomic E-state index is 13.4. The van der Waals surface area contributed by atoms with Gasteiger partial charge in [-0.1, -0.05) is 54.1 Å². The molecule has 0 fully saturated rings. The summed E-state index contributed by atoms with van der Waals surface area (Å²) in [4.78, 5) is 27.9. The quantitative estimate of drug-likeness (QED) is 0.453. The molecule has 3 aromatic carbocycles. The molecule has 3 aromatic rings. The molecule has 0 aromatic heterocycles. The van der Waals surface area contributed by atoms with Crippen LogP contribution in [0.25, 0.3) is 11.6 Å². The Hall–Kier alpha value is -3.46. The second kappa shape index (κ2) is 6.93. The number of carbonyl (C=O) groups excluding carboxylic acids is 2. The molecule has 28 heavy (non-hydrogen) atoms. The lowest BCUT2D eigenvalue weighted by Crippen LogP contribution is -2.41. The van der Waals surface area contributed by atoms with Crippen molar-refractivity contribution in [3.05, 3.63) is 100 Å². The molecule has 0 atom stereocenters. The van der Waals surface area contributed by atoms with Crippen molar-refractivity contribution in [2.75, 3.05) is 4.90 Å². The molecule has 3 nitrogen and oxygen atoms in total. The van der Waals surface area contributed by atoms with Gasteiger partial charge in [-0.15, -0.1) is 0 Å². The van der Waals surface area contributed by atoms with Gasteiger partial charge in [0.1, 0.15) is 0 Å². The van der Waals surface area contributed by atoms with Crippen LogP contribution >= 0.6 is 0 Å². The number of hydrogen-bond donors (Lipinski definition) is 0. The number of rotatable bonds is 2. The normalized spacial score (nSPS) is 15.1. The van der Waals surface area contributed by atoms with E-state index in [4.69, 9.17) is 0 Å². The van der Waals surface area contributed by atoms with Crippen LogP contribution in [0.5, 0.6) is 0 Å². The van der Waals surface area contributed by atoms with Gasteiger partial charge in [0.05, 0.1) is 5.69 Å². The molecule has 1 aliphatic rings. The number of fused-ring (bicyclic) bond motifs is 1. The highest BCUT2D eigenvalue weighted by atomic mass is 16.2. The van der Waals surface area contributed by atoms with Crippen molar-refractivity contribution < 1.29 is 9.59 Å². The lowest BCUT2D eigenvalue weighted by atomic mass is 9.90. The van der Waals surface area contributed by atoms with Crippen LogP contribution in [0.3, 0.4) is 0 Å². The number of anilines is 1. The predicted octanol–water partition coefficient (Wildman–Crippen LogP) is 5.34. The minimum Gasteiger partial charge on any atom is -0.268 e. The molecular weight excluding hydrogens is 346 g/mol. The van der Waals surface area contributed by atoms with E-state index in [2.05, 4.69) is 12.1 Å². The van der Waals surface area contributed by atoms with E-state index in [1.807, 2.05) is 69.3 Å². The van der Waals surface area contributed by atoms with Crippen LogP contribution in [0.15, 0.2) is 66.7 Å². The summed E-state index contributed by atoms with van der Waals surface area (Å²) in [5.41, 5.74) is 6.54. The molecule has 1 heterocycles. The minimum absolute atomic E-state index is 0.288. The SMILES string of the molecule is Cc1cccc(N2C(=O)/C(=C\c3cc(C)ccc3C)c3ccccc3C2=O)c1. The zero-order valence-electron chi connectivity index (χ0n) is 16.2. The van der Waals surface area contributed by atoms with E-state index in [-0.39, 0.29) is 11.8 Å². The fraction of sp³-hybridized carbons (Fsp3) is 0.120. The number of hydrogen-bond acceptors (Lipinski definition) is 2. The van der Waals surface area contributed by atoms with Gasteiger partial charge < -0.3 is 0 Å². The molecule has 3 heteroatoms. The van der Waals surface area contributed by atoms with E-state index < -0.39 is 0 Å². The van der Waals surface area contributed by atoms with Crippen LogP contribution in [0.1, 0.15) is 38.2 Å². The highest BCUT2D eigenvalue weighted by Crippen LogP contribution is 2.34. The molecule has 0 N–H and O–H groups in total. The zero-order valence-corrected chi connectivity index (χ0v) is 16.2. The van der Waals surface area contributed by atoms with Gasteiger partial charge in [0.15, 0.2) is 0 Å². The number of amides is 2. The van der Waals surface area contributed by atoms with Crippen molar-refractivity contribution in [1.82, 2.24) is 0 Å². The first kappa shape index (κ1) is 17.9. The van der Waals surface area contributed by atoms with Crippen molar-refractivity contribution in [3.63, 3.8) is 0 Å². The van der Waals surface area contributed by atoms with Crippen molar-refractivity contribution in [2.24, 2.45) is 0 Å². The Kier molecular flexibility index (Phi) is 4.44. The second-order valence-corrected chi connectivity index (χ2v) is 7.25. The monoisotopic (exact) mass is 367 g/mol. The maximum atomic E-state index is 13.4. The Bertz CT molecular complexity index is 1140. The van der Waals surface area contributed by atoms with Crippen LogP contribution < -0.4 is 4.90 Å². The summed E-state index contributed by atoms with van der Waals surface area (Å²) in [6.07, 6.45) is 1.90. The maximum Gasteiger partial charge on any atom is 0.265 e. The van der Waals surface area contributed by atoms with E-state index in [0.29, 0.717) is 22.4 Å². The molecule has 0 saturated heterocycles. The van der Waals surface area contributed by atoms with Crippen molar-refractivity contribution in [2.45, 2.75) is 20.8 Å². The third-order valence-corrected chi connectivity index (χ3v) is 5.08. The molecule has 0 unspecified atom stereocenters. The number of nitrogens with zero attached hydrogens (tertiary/aromatic N) is 1. The van der Waals surface area contributed by atoms with Crippen molar-refractivity contribution in [3.8, 4) is 0 Å². The number of aryl methyl sites for hydroxylation is 3. The third-order valence-electron chi connectivity index (χ3n) is 5.08. The fourth-order valence-corrected chi connectivity index (χ4v) is 3.56. The average Bonchev–Trinajstić information content (AvgIpc) is 2.68. The first-order valence-electron chi connectivity index (χ1n) is 9.29. The number of carbonyl (C=O) groups is 2. The van der Waals surface area contributed by atoms with E-state index in [1.54, 1.807) is 12.1 Å². The molecular formula is C25H21NO2. The van der Waals surface area contributed by atoms with E-state index in [1.165, 1.54) is 4.90 Å². The molecule has 2 amide bonds. The van der Waals surface area contributed by atoms with Gasteiger partial charge in [0.25, 0.3) is 11.8 Å². The lowest BCUT2D eigenvalue weighted by molar-refractivity contribution is -0.112. The van der Waals surface area contributed by atoms with Crippen LogP contribution in [-0.4, -0.2) is 11.8 Å². The Labute approximate surface area is 164 Å². The Morgan fingerprint density at radius 2 is 1.43 bits per heavy atom. The molecule has 4 rings (SSSR count). The first-order chi connectivity index (χ1) is 13.5. The Balaban J connectivity index is 1.94. The van der Waals surface area contributed by atoms with Gasteiger partial charge in [0.2, 0.25) is 0 Å². The van der Waals surface area contributed by atoms with Gasteiger partial charge in [-0.05, 0) is 67.3 Å². The molecule has 0 saturated carbocycles. The highest BCUT2D eigenvalue weighted by Gasteiger charge is 2.35. The highest BCUT2D eigenvalue weighted by molar-refractivity contribution is 6.43. The summed E-state index contributed by atoms with van der Waals surface area (Å²) in [6.45, 7) is 6.00. The predicted molar refractivity (Wildman–Crippen MR) is 113 cm³/mol. The summed E-state index contributed by atoms with van der Waals surface area (Å²) < 4.78 is 0. The van der Waals surface area contributed by atoms with E-state index in [0.717, 1.165) is 22.3 Å². The summed E-state index contributed by atoms with van der Waals surface area (Å²) in [5.74, 6) is -0.584. The number of benzene rings is 3. The summed E-state index contributed by atoms with van der Waals surface area (Å²) in [6, 6.07) is 20.9. The molecule has 1 aliphatic heterocycles. The van der Waals surface area contributed by atoms with Crippen LogP contribution in [0, 0.1) is 20.8 Å². The number of imide groups is 1. The van der Waals surface area contributed by atoms with Crippen molar-refractivity contribution >= 4 is 29.2 Å². The van der Waals surface area contributed by atoms with Crippen LogP contribution in [0.4, 0.5) is 5.69 Å². The summed E-state index contributed by atoms with van der Waals surface area (Å²) in [7, 11) is 0. The van der Waals surface area contributed by atoms with Gasteiger partial charge >= 0.3 is 0 Å². The standard InChI is InChI=1S/C25H21NO2/c1-16-7-6-8-20(14-16)26-24(27)22-10-5-4-9-21(22)23(25(26)28)15-19-13-17(2)11-12-18(19)3/h4-15H,1-3H3/b23-15-. The Morgan fingerprint density at radius 1 is 0.714 bits per heavy atom. The average molecular weight is 367 g/mol. The largest absolute Gasteiger partial charge is 0.268 e. The third kappa shape index (κ3) is 3.05. The van der Waals surface area contributed by atoms with E-state index in [9.17, 15) is 9.59 Å². The van der Waals surface area contributed by atoms with Gasteiger partial charge in [-0.3, -0.25) is 9.59 Å². The molecule has 138 valence electrons. The van der Waals surface area contributed by atoms with Gasteiger partial charge in [-0.2, -0.15) is 0 Å². The lowest BCUT2D eigenvalue weighted by Gasteiger charge is -2.29. The topological polar surface area (TPSA) is 37.4 Å². The molecule has 0 radical (unpaired) electrons. The second-order valence-electron chi connectivity index (χ2n) is 7.25. The summed E-state index contributed by atoms with van der Waals surface area (Å²) in [5, 5.41) is 0. The molecule has 0 aliphatic carbocycles. The van der Waals surface area contributed by atoms with E-state index >= 15 is 0 Å². The van der Waals surface area contributed by atoms with Gasteiger partial charge in [0, 0.05) is 11.1 Å². The van der Waals surface area contributed by atoms with Crippen LogP contribution in [-0.2, 0) is 4.79 Å².